The molecule has 0 amide bonds. The average molecular weight is 370 g/mol. The third-order valence-electron chi connectivity index (χ3n) is 3.40. The molecule has 0 fully saturated rings. The molecule has 0 spiro atoms. The Morgan fingerprint density at radius 2 is 2.00 bits per heavy atom. The largest absolute Gasteiger partial charge is 0.348 e. The van der Waals surface area contributed by atoms with E-state index in [1.165, 1.54) is 0 Å². The first kappa shape index (κ1) is 14.9. The van der Waals surface area contributed by atoms with Crippen LogP contribution in [0.3, 0.4) is 0 Å². The highest BCUT2D eigenvalue weighted by Gasteiger charge is 2.14. The van der Waals surface area contributed by atoms with Crippen LogP contribution in [0.4, 0.5) is 13.2 Å². The van der Waals surface area contributed by atoms with E-state index in [-0.39, 0.29) is 5.56 Å². The van der Waals surface area contributed by atoms with Crippen molar-refractivity contribution >= 4 is 15.9 Å². The van der Waals surface area contributed by atoms with Crippen LogP contribution in [0.2, 0.25) is 0 Å². The van der Waals surface area contributed by atoms with Crippen molar-refractivity contribution in [1.82, 2.24) is 14.3 Å². The fraction of sp³-hybridized carbons (Fsp3) is 0.133. The molecule has 0 bridgehead atoms. The van der Waals surface area contributed by atoms with Gasteiger partial charge in [0.25, 0.3) is 0 Å². The molecule has 0 saturated heterocycles. The Labute approximate surface area is 133 Å². The number of hydrogen-bond acceptors (Lipinski definition) is 1. The summed E-state index contributed by atoms with van der Waals surface area (Å²) in [5.74, 6) is -3.06. The summed E-state index contributed by atoms with van der Waals surface area (Å²) in [5, 5.41) is 4.11. The Hall–Kier alpha value is -2.02. The van der Waals surface area contributed by atoms with Gasteiger partial charge in [-0.3, -0.25) is 4.68 Å². The maximum absolute atomic E-state index is 13.8. The predicted octanol–water partition coefficient (Wildman–Crippen LogP) is 4.12. The second-order valence-electron chi connectivity index (χ2n) is 4.88. The first-order valence-electron chi connectivity index (χ1n) is 6.43. The Morgan fingerprint density at radius 3 is 2.68 bits per heavy atom. The standard InChI is InChI=1S/C15H11BrF3N3/c1-21-14(12(16)6-20-21)8-22-3-2-9(7-22)11-4-10(17)5-13(18)15(11)19/h2-7H,8H2,1H3. The van der Waals surface area contributed by atoms with Crippen LogP contribution in [-0.4, -0.2) is 14.3 Å². The number of halogens is 4. The van der Waals surface area contributed by atoms with Gasteiger partial charge in [0.15, 0.2) is 11.6 Å². The molecule has 7 heteroatoms. The molecule has 3 rings (SSSR count). The van der Waals surface area contributed by atoms with Crippen LogP contribution < -0.4 is 0 Å². The predicted molar refractivity (Wildman–Crippen MR) is 79.8 cm³/mol. The molecule has 0 unspecified atom stereocenters. The van der Waals surface area contributed by atoms with Crippen molar-refractivity contribution < 1.29 is 13.2 Å². The van der Waals surface area contributed by atoms with Crippen molar-refractivity contribution in [2.24, 2.45) is 7.05 Å². The molecule has 3 nitrogen and oxygen atoms in total. The Balaban J connectivity index is 1.95. The van der Waals surface area contributed by atoms with Gasteiger partial charge < -0.3 is 4.57 Å². The van der Waals surface area contributed by atoms with Crippen LogP contribution in [0.25, 0.3) is 11.1 Å². The van der Waals surface area contributed by atoms with Crippen molar-refractivity contribution in [2.75, 3.05) is 0 Å². The van der Waals surface area contributed by atoms with E-state index in [4.69, 9.17) is 0 Å². The summed E-state index contributed by atoms with van der Waals surface area (Å²) >= 11 is 3.40. The molecule has 0 radical (unpaired) electrons. The minimum Gasteiger partial charge on any atom is -0.348 e. The van der Waals surface area contributed by atoms with E-state index < -0.39 is 17.5 Å². The first-order chi connectivity index (χ1) is 10.5. The van der Waals surface area contributed by atoms with Crippen LogP contribution >= 0.6 is 15.9 Å². The zero-order chi connectivity index (χ0) is 15.9. The summed E-state index contributed by atoms with van der Waals surface area (Å²) in [7, 11) is 1.81. The van der Waals surface area contributed by atoms with Crippen LogP contribution in [0.15, 0.2) is 41.3 Å². The molecule has 114 valence electrons. The molecule has 0 saturated carbocycles. The fourth-order valence-corrected chi connectivity index (χ4v) is 2.72. The van der Waals surface area contributed by atoms with Crippen LogP contribution in [0.5, 0.6) is 0 Å². The van der Waals surface area contributed by atoms with Gasteiger partial charge in [0.2, 0.25) is 0 Å². The monoisotopic (exact) mass is 369 g/mol. The van der Waals surface area contributed by atoms with Gasteiger partial charge in [-0.25, -0.2) is 13.2 Å². The van der Waals surface area contributed by atoms with Crippen molar-refractivity contribution in [2.45, 2.75) is 6.54 Å². The summed E-state index contributed by atoms with van der Waals surface area (Å²) in [6.07, 6.45) is 5.04. The zero-order valence-corrected chi connectivity index (χ0v) is 13.1. The highest BCUT2D eigenvalue weighted by Crippen LogP contribution is 2.27. The van der Waals surface area contributed by atoms with E-state index in [9.17, 15) is 13.2 Å². The number of hydrogen-bond donors (Lipinski definition) is 0. The van der Waals surface area contributed by atoms with Crippen molar-refractivity contribution in [3.8, 4) is 11.1 Å². The van der Waals surface area contributed by atoms with Gasteiger partial charge in [0.1, 0.15) is 5.82 Å². The van der Waals surface area contributed by atoms with E-state index in [1.807, 2.05) is 7.05 Å². The summed E-state index contributed by atoms with van der Waals surface area (Å²) in [6, 6.07) is 3.13. The molecule has 0 aliphatic carbocycles. The average Bonchev–Trinajstić information content (AvgIpc) is 3.05. The molecule has 0 N–H and O–H groups in total. The van der Waals surface area contributed by atoms with Gasteiger partial charge in [-0.05, 0) is 28.1 Å². The molecule has 2 aromatic heterocycles. The van der Waals surface area contributed by atoms with E-state index in [1.54, 1.807) is 33.9 Å². The Bertz CT molecular complexity index is 819. The lowest BCUT2D eigenvalue weighted by Gasteiger charge is -2.05. The Kier molecular flexibility index (Phi) is 3.82. The smallest absolute Gasteiger partial charge is 0.166 e. The second-order valence-corrected chi connectivity index (χ2v) is 5.74. The first-order valence-corrected chi connectivity index (χ1v) is 7.22. The third kappa shape index (κ3) is 2.68. The normalized spacial score (nSPS) is 11.1. The molecule has 22 heavy (non-hydrogen) atoms. The summed E-state index contributed by atoms with van der Waals surface area (Å²) in [6.45, 7) is 0.497. The highest BCUT2D eigenvalue weighted by atomic mass is 79.9. The van der Waals surface area contributed by atoms with Gasteiger partial charge in [0.05, 0.1) is 22.9 Å². The summed E-state index contributed by atoms with van der Waals surface area (Å²) < 4.78 is 44.8. The lowest BCUT2D eigenvalue weighted by Crippen LogP contribution is -2.04. The SMILES string of the molecule is Cn1ncc(Br)c1Cn1ccc(-c2cc(F)cc(F)c2F)c1. The zero-order valence-electron chi connectivity index (χ0n) is 11.5. The topological polar surface area (TPSA) is 22.8 Å². The van der Waals surface area contributed by atoms with Gasteiger partial charge in [-0.1, -0.05) is 0 Å². The maximum atomic E-state index is 13.8. The highest BCUT2D eigenvalue weighted by molar-refractivity contribution is 9.10. The number of rotatable bonds is 3. The van der Waals surface area contributed by atoms with Gasteiger partial charge in [-0.2, -0.15) is 5.10 Å². The van der Waals surface area contributed by atoms with Crippen molar-refractivity contribution in [3.05, 3.63) is 64.4 Å². The lowest BCUT2D eigenvalue weighted by molar-refractivity contribution is 0.497. The molecule has 0 atom stereocenters. The van der Waals surface area contributed by atoms with Crippen molar-refractivity contribution in [1.29, 1.82) is 0 Å². The summed E-state index contributed by atoms with van der Waals surface area (Å²) in [5.41, 5.74) is 1.24. The minimum atomic E-state index is -1.20. The molecular weight excluding hydrogens is 359 g/mol. The van der Waals surface area contributed by atoms with E-state index >= 15 is 0 Å². The van der Waals surface area contributed by atoms with Gasteiger partial charge >= 0.3 is 0 Å². The molecular formula is C15H11BrF3N3. The second kappa shape index (κ2) is 5.64. The number of aromatic nitrogens is 3. The quantitative estimate of drug-likeness (QED) is 0.636. The van der Waals surface area contributed by atoms with Crippen LogP contribution in [0.1, 0.15) is 5.69 Å². The van der Waals surface area contributed by atoms with Gasteiger partial charge in [0, 0.05) is 36.6 Å². The Morgan fingerprint density at radius 1 is 1.23 bits per heavy atom. The summed E-state index contributed by atoms with van der Waals surface area (Å²) in [4.78, 5) is 0. The molecule has 0 aliphatic rings. The van der Waals surface area contributed by atoms with Crippen LogP contribution in [0, 0.1) is 17.5 Å². The lowest BCUT2D eigenvalue weighted by atomic mass is 10.1. The van der Waals surface area contributed by atoms with E-state index in [2.05, 4.69) is 21.0 Å². The molecule has 1 aromatic carbocycles. The molecule has 2 heterocycles. The maximum Gasteiger partial charge on any atom is 0.166 e. The molecule has 0 aliphatic heterocycles. The van der Waals surface area contributed by atoms with Crippen molar-refractivity contribution in [3.63, 3.8) is 0 Å². The van der Waals surface area contributed by atoms with E-state index in [0.717, 1.165) is 16.2 Å². The minimum absolute atomic E-state index is 0.0969. The van der Waals surface area contributed by atoms with Gasteiger partial charge in [-0.15, -0.1) is 0 Å². The van der Waals surface area contributed by atoms with Crippen LogP contribution in [-0.2, 0) is 13.6 Å². The number of nitrogens with zero attached hydrogens (tertiary/aromatic N) is 3. The number of benzene rings is 1. The number of aryl methyl sites for hydroxylation is 1. The third-order valence-corrected chi connectivity index (χ3v) is 4.06. The van der Waals surface area contributed by atoms with E-state index in [0.29, 0.717) is 18.2 Å². The molecule has 3 aromatic rings. The fourth-order valence-electron chi connectivity index (χ4n) is 2.25.